The number of hydrogen-bond acceptors (Lipinski definition) is 3. The molecule has 1 saturated heterocycles. The average Bonchev–Trinajstić information content (AvgIpc) is 2.26. The molecule has 0 aromatic heterocycles. The van der Waals surface area contributed by atoms with Crippen LogP contribution < -0.4 is 5.32 Å². The molecular formula is C10H20N2O2. The van der Waals surface area contributed by atoms with Gasteiger partial charge in [0.2, 0.25) is 0 Å². The first-order chi connectivity index (χ1) is 6.43. The quantitative estimate of drug-likeness (QED) is 0.692. The van der Waals surface area contributed by atoms with Gasteiger partial charge >= 0.3 is 5.97 Å². The summed E-state index contributed by atoms with van der Waals surface area (Å²) in [5, 5.41) is 12.4. The monoisotopic (exact) mass is 200 g/mol. The van der Waals surface area contributed by atoms with Crippen molar-refractivity contribution in [1.82, 2.24) is 10.2 Å². The van der Waals surface area contributed by atoms with Crippen LogP contribution in [0.4, 0.5) is 0 Å². The number of nitrogens with zero attached hydrogens (tertiary/aromatic N) is 1. The van der Waals surface area contributed by atoms with Crippen molar-refractivity contribution in [3.63, 3.8) is 0 Å². The van der Waals surface area contributed by atoms with Gasteiger partial charge in [-0.15, -0.1) is 0 Å². The van der Waals surface area contributed by atoms with Crippen molar-refractivity contribution in [2.75, 3.05) is 13.6 Å². The Morgan fingerprint density at radius 2 is 2.14 bits per heavy atom. The van der Waals surface area contributed by atoms with Crippen LogP contribution in [0.2, 0.25) is 0 Å². The lowest BCUT2D eigenvalue weighted by atomic mass is 9.97. The van der Waals surface area contributed by atoms with E-state index in [9.17, 15) is 4.79 Å². The Morgan fingerprint density at radius 3 is 2.57 bits per heavy atom. The molecule has 0 radical (unpaired) electrons. The van der Waals surface area contributed by atoms with E-state index < -0.39 is 5.97 Å². The summed E-state index contributed by atoms with van der Waals surface area (Å²) in [6.45, 7) is 6.88. The van der Waals surface area contributed by atoms with Gasteiger partial charge in [0.1, 0.15) is 0 Å². The Morgan fingerprint density at radius 1 is 1.57 bits per heavy atom. The molecule has 0 spiro atoms. The lowest BCUT2D eigenvalue weighted by molar-refractivity contribution is -0.142. The SMILES string of the molecule is CC(C)NC1CN(C)C(C)C1C(=O)O. The first-order valence-electron chi connectivity index (χ1n) is 5.12. The zero-order valence-electron chi connectivity index (χ0n) is 9.32. The van der Waals surface area contributed by atoms with Crippen LogP contribution in [0, 0.1) is 5.92 Å². The number of carboxylic acid groups (broad SMARTS) is 1. The number of nitrogens with one attached hydrogen (secondary N) is 1. The summed E-state index contributed by atoms with van der Waals surface area (Å²) in [4.78, 5) is 13.2. The molecule has 3 atom stereocenters. The van der Waals surface area contributed by atoms with Crippen LogP contribution >= 0.6 is 0 Å². The number of likely N-dealkylation sites (N-methyl/N-ethyl adjacent to an activating group) is 1. The highest BCUT2D eigenvalue weighted by Crippen LogP contribution is 2.23. The van der Waals surface area contributed by atoms with E-state index in [-0.39, 0.29) is 18.0 Å². The van der Waals surface area contributed by atoms with Crippen molar-refractivity contribution in [3.05, 3.63) is 0 Å². The fraction of sp³-hybridized carbons (Fsp3) is 0.900. The van der Waals surface area contributed by atoms with Gasteiger partial charge in [0.05, 0.1) is 5.92 Å². The maximum Gasteiger partial charge on any atom is 0.309 e. The van der Waals surface area contributed by atoms with Gasteiger partial charge in [0, 0.05) is 24.7 Å². The Labute approximate surface area is 85.3 Å². The first-order valence-corrected chi connectivity index (χ1v) is 5.12. The molecule has 1 rings (SSSR count). The van der Waals surface area contributed by atoms with E-state index in [1.807, 2.05) is 27.8 Å². The zero-order chi connectivity index (χ0) is 10.9. The highest BCUT2D eigenvalue weighted by atomic mass is 16.4. The van der Waals surface area contributed by atoms with E-state index in [2.05, 4.69) is 10.2 Å². The van der Waals surface area contributed by atoms with Crippen LogP contribution in [-0.4, -0.2) is 47.7 Å². The third-order valence-electron chi connectivity index (χ3n) is 2.97. The van der Waals surface area contributed by atoms with E-state index in [4.69, 9.17) is 5.11 Å². The predicted octanol–water partition coefficient (Wildman–Crippen LogP) is 0.388. The number of carboxylic acids is 1. The Bertz CT molecular complexity index is 216. The van der Waals surface area contributed by atoms with Gasteiger partial charge < -0.3 is 15.3 Å². The molecule has 0 aromatic carbocycles. The Kier molecular flexibility index (Phi) is 3.50. The summed E-state index contributed by atoms with van der Waals surface area (Å²) >= 11 is 0. The van der Waals surface area contributed by atoms with Crippen molar-refractivity contribution >= 4 is 5.97 Å². The molecule has 1 heterocycles. The number of likely N-dealkylation sites (tertiary alicyclic amines) is 1. The second kappa shape index (κ2) is 4.28. The summed E-state index contributed by atoms with van der Waals surface area (Å²) in [5.74, 6) is -0.984. The van der Waals surface area contributed by atoms with Crippen molar-refractivity contribution in [1.29, 1.82) is 0 Å². The molecule has 14 heavy (non-hydrogen) atoms. The molecule has 2 N–H and O–H groups in total. The number of hydrogen-bond donors (Lipinski definition) is 2. The highest BCUT2D eigenvalue weighted by Gasteiger charge is 2.41. The molecule has 3 unspecified atom stereocenters. The maximum atomic E-state index is 11.1. The van der Waals surface area contributed by atoms with Crippen LogP contribution in [-0.2, 0) is 4.79 Å². The van der Waals surface area contributed by atoms with Gasteiger partial charge in [-0.25, -0.2) is 0 Å². The molecule has 0 aliphatic carbocycles. The van der Waals surface area contributed by atoms with Crippen molar-refractivity contribution in [2.45, 2.75) is 38.9 Å². The van der Waals surface area contributed by atoms with Gasteiger partial charge in [0.25, 0.3) is 0 Å². The molecule has 0 aromatic rings. The fourth-order valence-electron chi connectivity index (χ4n) is 2.16. The molecule has 0 saturated carbocycles. The lowest BCUT2D eigenvalue weighted by Gasteiger charge is -2.21. The smallest absolute Gasteiger partial charge is 0.309 e. The topological polar surface area (TPSA) is 52.6 Å². The van der Waals surface area contributed by atoms with Crippen LogP contribution in [0.1, 0.15) is 20.8 Å². The molecule has 4 nitrogen and oxygen atoms in total. The summed E-state index contributed by atoms with van der Waals surface area (Å²) in [7, 11) is 1.97. The fourth-order valence-corrected chi connectivity index (χ4v) is 2.16. The minimum Gasteiger partial charge on any atom is -0.481 e. The summed E-state index contributed by atoms with van der Waals surface area (Å²) in [6.07, 6.45) is 0. The van der Waals surface area contributed by atoms with Crippen molar-refractivity contribution in [3.8, 4) is 0 Å². The number of carbonyl (C=O) groups is 1. The minimum atomic E-state index is -0.694. The molecule has 0 amide bonds. The van der Waals surface area contributed by atoms with E-state index in [1.54, 1.807) is 0 Å². The van der Waals surface area contributed by atoms with E-state index in [1.165, 1.54) is 0 Å². The predicted molar refractivity (Wildman–Crippen MR) is 55.3 cm³/mol. The number of rotatable bonds is 3. The van der Waals surface area contributed by atoms with E-state index in [0.717, 1.165) is 6.54 Å². The lowest BCUT2D eigenvalue weighted by Crippen LogP contribution is -2.44. The van der Waals surface area contributed by atoms with Gasteiger partial charge in [-0.2, -0.15) is 0 Å². The Hall–Kier alpha value is -0.610. The minimum absolute atomic E-state index is 0.0764. The second-order valence-electron chi connectivity index (χ2n) is 4.47. The van der Waals surface area contributed by atoms with Crippen LogP contribution in [0.15, 0.2) is 0 Å². The molecular weight excluding hydrogens is 180 g/mol. The second-order valence-corrected chi connectivity index (χ2v) is 4.47. The molecule has 1 fully saturated rings. The van der Waals surface area contributed by atoms with Crippen LogP contribution in [0.5, 0.6) is 0 Å². The molecule has 1 aliphatic heterocycles. The van der Waals surface area contributed by atoms with Gasteiger partial charge in [-0.05, 0) is 14.0 Å². The standard InChI is InChI=1S/C10H20N2O2/c1-6(2)11-8-5-12(4)7(3)9(8)10(13)14/h6-9,11H,5H2,1-4H3,(H,13,14). The summed E-state index contributed by atoms with van der Waals surface area (Å²) in [6, 6.07) is 0.525. The maximum absolute atomic E-state index is 11.1. The molecule has 0 bridgehead atoms. The van der Waals surface area contributed by atoms with Gasteiger partial charge in [-0.1, -0.05) is 13.8 Å². The Balaban J connectivity index is 2.70. The highest BCUT2D eigenvalue weighted by molar-refractivity contribution is 5.72. The van der Waals surface area contributed by atoms with Gasteiger partial charge in [-0.3, -0.25) is 4.79 Å². The van der Waals surface area contributed by atoms with Gasteiger partial charge in [0.15, 0.2) is 0 Å². The average molecular weight is 200 g/mol. The first kappa shape index (κ1) is 11.5. The van der Waals surface area contributed by atoms with Crippen molar-refractivity contribution in [2.24, 2.45) is 5.92 Å². The van der Waals surface area contributed by atoms with Crippen molar-refractivity contribution < 1.29 is 9.90 Å². The molecule has 1 aliphatic rings. The summed E-state index contributed by atoms with van der Waals surface area (Å²) < 4.78 is 0. The molecule has 82 valence electrons. The normalized spacial score (nSPS) is 33.9. The van der Waals surface area contributed by atoms with Crippen LogP contribution in [0.3, 0.4) is 0 Å². The molecule has 4 heteroatoms. The largest absolute Gasteiger partial charge is 0.481 e. The van der Waals surface area contributed by atoms with E-state index in [0.29, 0.717) is 6.04 Å². The third kappa shape index (κ3) is 2.25. The summed E-state index contributed by atoms with van der Waals surface area (Å²) in [5.41, 5.74) is 0. The van der Waals surface area contributed by atoms with E-state index >= 15 is 0 Å². The zero-order valence-corrected chi connectivity index (χ0v) is 9.32. The van der Waals surface area contributed by atoms with Crippen LogP contribution in [0.25, 0.3) is 0 Å². The number of aliphatic carboxylic acids is 1. The third-order valence-corrected chi connectivity index (χ3v) is 2.97.